The number of carbonyl (C=O) groups excluding carboxylic acids is 2. The number of ketones is 1. The van der Waals surface area contributed by atoms with Gasteiger partial charge in [-0.15, -0.1) is 0 Å². The van der Waals surface area contributed by atoms with Crippen molar-refractivity contribution in [3.05, 3.63) is 94.6 Å². The molecular weight excluding hydrogens is 500 g/mol. The Kier molecular flexibility index (Phi) is 9.30. The van der Waals surface area contributed by atoms with Gasteiger partial charge < -0.3 is 14.7 Å². The quantitative estimate of drug-likeness (QED) is 0.119. The van der Waals surface area contributed by atoms with Crippen LogP contribution in [-0.2, 0) is 9.59 Å². The van der Waals surface area contributed by atoms with E-state index in [2.05, 4.69) is 25.7 Å². The molecule has 3 aromatic rings. The molecule has 1 aliphatic rings. The van der Waals surface area contributed by atoms with Crippen molar-refractivity contribution in [3.63, 3.8) is 0 Å². The average molecular weight is 541 g/mol. The fourth-order valence-corrected chi connectivity index (χ4v) is 5.26. The first-order valence-corrected chi connectivity index (χ1v) is 14.3. The topological polar surface area (TPSA) is 70.1 Å². The van der Waals surface area contributed by atoms with Crippen LogP contribution in [0, 0.1) is 13.8 Å². The predicted octanol–water partition coefficient (Wildman–Crippen LogP) is 7.34. The van der Waals surface area contributed by atoms with E-state index >= 15 is 0 Å². The standard InChI is InChI=1S/C34H40N2O4/c1-6-9-10-22-40-28-20-16-26(17-21-28)32(37)30-31(25-14-18-27(19-15-25)35(7-2)8-3)36(34(39)33(30)38)29-13-11-12-23(4)24(29)5/h11-21,31,37H,6-10,22H2,1-5H3/b32-30+. The van der Waals surface area contributed by atoms with Gasteiger partial charge in [-0.3, -0.25) is 14.5 Å². The SMILES string of the molecule is CCCCCOc1ccc(/C(O)=C2\C(=O)C(=O)N(c3cccc(C)c3C)C2c2ccc(N(CC)CC)cc2)cc1. The van der Waals surface area contributed by atoms with E-state index in [0.29, 0.717) is 23.6 Å². The van der Waals surface area contributed by atoms with Crippen LogP contribution in [0.2, 0.25) is 0 Å². The average Bonchev–Trinajstić information content (AvgIpc) is 3.23. The van der Waals surface area contributed by atoms with Crippen molar-refractivity contribution in [2.24, 2.45) is 0 Å². The maximum atomic E-state index is 13.6. The first-order chi connectivity index (χ1) is 19.3. The lowest BCUT2D eigenvalue weighted by Crippen LogP contribution is -2.30. The molecule has 6 heteroatoms. The lowest BCUT2D eigenvalue weighted by Gasteiger charge is -2.28. The fraction of sp³-hybridized carbons (Fsp3) is 0.353. The van der Waals surface area contributed by atoms with Crippen molar-refractivity contribution in [1.82, 2.24) is 0 Å². The normalized spacial score (nSPS) is 16.4. The summed E-state index contributed by atoms with van der Waals surface area (Å²) in [5.41, 5.74) is 4.96. The molecule has 1 N–H and O–H groups in total. The number of benzene rings is 3. The molecule has 1 aliphatic heterocycles. The Hall–Kier alpha value is -4.06. The van der Waals surface area contributed by atoms with Gasteiger partial charge in [0.1, 0.15) is 11.5 Å². The molecule has 0 aliphatic carbocycles. The Bertz CT molecular complexity index is 1370. The van der Waals surface area contributed by atoms with Crippen LogP contribution in [0.1, 0.15) is 68.3 Å². The van der Waals surface area contributed by atoms with Gasteiger partial charge in [-0.25, -0.2) is 0 Å². The number of hydrogen-bond donors (Lipinski definition) is 1. The molecule has 3 aromatic carbocycles. The van der Waals surface area contributed by atoms with Crippen molar-refractivity contribution >= 4 is 28.8 Å². The molecule has 1 unspecified atom stereocenters. The van der Waals surface area contributed by atoms with Crippen LogP contribution < -0.4 is 14.5 Å². The largest absolute Gasteiger partial charge is 0.507 e. The number of Topliss-reactive ketones (excluding diaryl/α,β-unsaturated/α-hetero) is 1. The third-order valence-electron chi connectivity index (χ3n) is 7.76. The van der Waals surface area contributed by atoms with Crippen LogP contribution in [0.3, 0.4) is 0 Å². The summed E-state index contributed by atoms with van der Waals surface area (Å²) in [4.78, 5) is 30.9. The molecule has 6 nitrogen and oxygen atoms in total. The van der Waals surface area contributed by atoms with Crippen LogP contribution >= 0.6 is 0 Å². The maximum absolute atomic E-state index is 13.6. The van der Waals surface area contributed by atoms with Crippen LogP contribution in [0.5, 0.6) is 5.75 Å². The van der Waals surface area contributed by atoms with Gasteiger partial charge in [-0.1, -0.05) is 44.0 Å². The minimum atomic E-state index is -0.767. The maximum Gasteiger partial charge on any atom is 0.300 e. The van der Waals surface area contributed by atoms with E-state index in [-0.39, 0.29) is 11.3 Å². The van der Waals surface area contributed by atoms with Gasteiger partial charge in [0, 0.05) is 30.0 Å². The third kappa shape index (κ3) is 5.76. The zero-order valence-electron chi connectivity index (χ0n) is 24.2. The molecule has 1 amide bonds. The van der Waals surface area contributed by atoms with Gasteiger partial charge >= 0.3 is 0 Å². The van der Waals surface area contributed by atoms with Gasteiger partial charge in [-0.05, 0) is 93.3 Å². The number of aliphatic hydroxyl groups is 1. The van der Waals surface area contributed by atoms with Gasteiger partial charge in [0.05, 0.1) is 18.2 Å². The predicted molar refractivity (Wildman–Crippen MR) is 162 cm³/mol. The second-order valence-corrected chi connectivity index (χ2v) is 10.2. The monoisotopic (exact) mass is 540 g/mol. The number of aliphatic hydroxyl groups excluding tert-OH is 1. The number of aryl methyl sites for hydroxylation is 1. The molecule has 1 heterocycles. The molecule has 0 aromatic heterocycles. The zero-order valence-corrected chi connectivity index (χ0v) is 24.2. The first kappa shape index (κ1) is 28.9. The van der Waals surface area contributed by atoms with Crippen LogP contribution in [0.15, 0.2) is 72.3 Å². The second-order valence-electron chi connectivity index (χ2n) is 10.2. The number of hydrogen-bond acceptors (Lipinski definition) is 5. The highest BCUT2D eigenvalue weighted by Gasteiger charge is 2.47. The summed E-state index contributed by atoms with van der Waals surface area (Å²) < 4.78 is 5.81. The molecule has 1 saturated heterocycles. The molecule has 4 rings (SSSR count). The van der Waals surface area contributed by atoms with Gasteiger partial charge in [0.2, 0.25) is 0 Å². The van der Waals surface area contributed by atoms with Gasteiger partial charge in [-0.2, -0.15) is 0 Å². The minimum absolute atomic E-state index is 0.0816. The lowest BCUT2D eigenvalue weighted by atomic mass is 9.94. The molecule has 0 bridgehead atoms. The number of amides is 1. The van der Waals surface area contributed by atoms with E-state index in [1.165, 1.54) is 4.90 Å². The molecule has 40 heavy (non-hydrogen) atoms. The number of carbonyl (C=O) groups is 2. The molecule has 0 spiro atoms. The summed E-state index contributed by atoms with van der Waals surface area (Å²) in [7, 11) is 0. The molecule has 1 fully saturated rings. The summed E-state index contributed by atoms with van der Waals surface area (Å²) >= 11 is 0. The van der Waals surface area contributed by atoms with Gasteiger partial charge in [0.15, 0.2) is 0 Å². The summed E-state index contributed by atoms with van der Waals surface area (Å²) in [6, 6.07) is 19.9. The Balaban J connectivity index is 1.79. The highest BCUT2D eigenvalue weighted by molar-refractivity contribution is 6.51. The lowest BCUT2D eigenvalue weighted by molar-refractivity contribution is -0.132. The summed E-state index contributed by atoms with van der Waals surface area (Å²) in [6.45, 7) is 12.7. The molecular formula is C34H40N2O4. The molecule has 0 saturated carbocycles. The van der Waals surface area contributed by atoms with E-state index in [4.69, 9.17) is 4.74 Å². The van der Waals surface area contributed by atoms with Crippen LogP contribution in [0.4, 0.5) is 11.4 Å². The third-order valence-corrected chi connectivity index (χ3v) is 7.76. The van der Waals surface area contributed by atoms with Crippen LogP contribution in [-0.4, -0.2) is 36.5 Å². The minimum Gasteiger partial charge on any atom is -0.507 e. The van der Waals surface area contributed by atoms with E-state index in [0.717, 1.165) is 54.7 Å². The summed E-state index contributed by atoms with van der Waals surface area (Å²) in [5, 5.41) is 11.5. The Morgan fingerprint density at radius 1 is 0.900 bits per heavy atom. The number of nitrogens with zero attached hydrogens (tertiary/aromatic N) is 2. The van der Waals surface area contributed by atoms with E-state index in [9.17, 15) is 14.7 Å². The van der Waals surface area contributed by atoms with Crippen molar-refractivity contribution in [2.75, 3.05) is 29.5 Å². The van der Waals surface area contributed by atoms with Crippen molar-refractivity contribution in [3.8, 4) is 5.75 Å². The second kappa shape index (κ2) is 12.9. The zero-order chi connectivity index (χ0) is 28.8. The Morgan fingerprint density at radius 2 is 1.57 bits per heavy atom. The number of ether oxygens (including phenoxy) is 1. The van der Waals surface area contributed by atoms with E-state index in [1.54, 1.807) is 24.3 Å². The van der Waals surface area contributed by atoms with Crippen molar-refractivity contribution in [2.45, 2.75) is 59.9 Å². The highest BCUT2D eigenvalue weighted by atomic mass is 16.5. The Morgan fingerprint density at radius 3 is 2.20 bits per heavy atom. The summed E-state index contributed by atoms with van der Waals surface area (Å²) in [5.74, 6) is -0.839. The van der Waals surface area contributed by atoms with E-state index in [1.807, 2.05) is 56.3 Å². The first-order valence-electron chi connectivity index (χ1n) is 14.3. The van der Waals surface area contributed by atoms with E-state index < -0.39 is 17.7 Å². The number of rotatable bonds is 11. The van der Waals surface area contributed by atoms with Crippen LogP contribution in [0.25, 0.3) is 5.76 Å². The van der Waals surface area contributed by atoms with Gasteiger partial charge in [0.25, 0.3) is 11.7 Å². The smallest absolute Gasteiger partial charge is 0.300 e. The van der Waals surface area contributed by atoms with Crippen molar-refractivity contribution < 1.29 is 19.4 Å². The number of unbranched alkanes of at least 4 members (excludes halogenated alkanes) is 2. The fourth-order valence-electron chi connectivity index (χ4n) is 5.26. The highest BCUT2D eigenvalue weighted by Crippen LogP contribution is 2.44. The van der Waals surface area contributed by atoms with Crippen molar-refractivity contribution in [1.29, 1.82) is 0 Å². The summed E-state index contributed by atoms with van der Waals surface area (Å²) in [6.07, 6.45) is 3.21. The number of anilines is 2. The molecule has 0 radical (unpaired) electrons. The Labute approximate surface area is 237 Å². The molecule has 210 valence electrons. The molecule has 1 atom stereocenters.